The molecule has 2 heterocycles. The van der Waals surface area contributed by atoms with Crippen molar-refractivity contribution in [3.05, 3.63) is 130 Å². The predicted octanol–water partition coefficient (Wildman–Crippen LogP) is 10.1. The third-order valence-corrected chi connectivity index (χ3v) is 8.43. The van der Waals surface area contributed by atoms with E-state index in [1.807, 2.05) is 49.4 Å². The minimum Gasteiger partial charge on any atom is -0.252 e. The molecule has 0 fully saturated rings. The summed E-state index contributed by atoms with van der Waals surface area (Å²) in [6, 6.07) is 23.3. The monoisotopic (exact) mass is 632 g/mol. The zero-order valence-corrected chi connectivity index (χ0v) is 24.2. The number of fused-ring (bicyclic) bond motifs is 6. The lowest BCUT2D eigenvalue weighted by atomic mass is 9.94. The van der Waals surface area contributed by atoms with E-state index in [1.165, 1.54) is 12.1 Å². The largest absolute Gasteiger partial charge is 0.433 e. The number of nitriles is 2. The van der Waals surface area contributed by atoms with Gasteiger partial charge in [-0.2, -0.15) is 36.9 Å². The number of hydrogen-bond acceptors (Lipinski definition) is 4. The molecular formula is C37H18F6N4. The summed E-state index contributed by atoms with van der Waals surface area (Å²) < 4.78 is 80.3. The Morgan fingerprint density at radius 1 is 0.553 bits per heavy atom. The van der Waals surface area contributed by atoms with Crippen molar-refractivity contribution in [2.75, 3.05) is 0 Å². The van der Waals surface area contributed by atoms with Crippen LogP contribution in [0.5, 0.6) is 0 Å². The third-order valence-electron chi connectivity index (χ3n) is 8.43. The van der Waals surface area contributed by atoms with Gasteiger partial charge >= 0.3 is 12.4 Å². The van der Waals surface area contributed by atoms with Crippen LogP contribution in [0.4, 0.5) is 26.3 Å². The molecule has 5 aromatic rings. The molecule has 0 radical (unpaired) electrons. The summed E-state index contributed by atoms with van der Waals surface area (Å²) in [7, 11) is 0. The minimum absolute atomic E-state index is 0.147. The Balaban J connectivity index is 1.38. The highest BCUT2D eigenvalue weighted by molar-refractivity contribution is 6.10. The van der Waals surface area contributed by atoms with Gasteiger partial charge in [-0.05, 0) is 128 Å². The van der Waals surface area contributed by atoms with E-state index in [4.69, 9.17) is 0 Å². The Hall–Kier alpha value is -6.00. The lowest BCUT2D eigenvalue weighted by Crippen LogP contribution is -2.07. The second-order valence-corrected chi connectivity index (χ2v) is 11.0. The summed E-state index contributed by atoms with van der Waals surface area (Å²) in [5, 5.41) is 19.9. The molecule has 0 saturated heterocycles. The van der Waals surface area contributed by atoms with Gasteiger partial charge < -0.3 is 0 Å². The van der Waals surface area contributed by atoms with Crippen LogP contribution in [-0.2, 0) is 12.4 Å². The molecule has 0 unspecified atom stereocenters. The molecule has 2 aliphatic rings. The topological polar surface area (TPSA) is 73.4 Å². The number of aromatic nitrogens is 2. The molecule has 0 aliphatic heterocycles. The van der Waals surface area contributed by atoms with Crippen LogP contribution >= 0.6 is 0 Å². The molecular weight excluding hydrogens is 614 g/mol. The number of pyridine rings is 2. The number of hydrogen-bond donors (Lipinski definition) is 0. The summed E-state index contributed by atoms with van der Waals surface area (Å²) in [6.07, 6.45) is -5.08. The molecule has 3 aromatic carbocycles. The van der Waals surface area contributed by atoms with Gasteiger partial charge in [0.25, 0.3) is 0 Å². The van der Waals surface area contributed by atoms with Crippen LogP contribution in [0.1, 0.15) is 40.6 Å². The average Bonchev–Trinajstić information content (AvgIpc) is 3.54. The van der Waals surface area contributed by atoms with Crippen molar-refractivity contribution < 1.29 is 26.3 Å². The summed E-state index contributed by atoms with van der Waals surface area (Å²) in [5.41, 5.74) is 6.67. The molecule has 7 rings (SSSR count). The second-order valence-electron chi connectivity index (χ2n) is 11.0. The van der Waals surface area contributed by atoms with E-state index < -0.39 is 23.7 Å². The third kappa shape index (κ3) is 4.77. The molecule has 0 N–H and O–H groups in total. The van der Waals surface area contributed by atoms with Crippen molar-refractivity contribution >= 4 is 11.1 Å². The Labute approximate surface area is 264 Å². The van der Waals surface area contributed by atoms with Crippen molar-refractivity contribution in [3.8, 4) is 56.6 Å². The van der Waals surface area contributed by atoms with E-state index >= 15 is 0 Å². The Kier molecular flexibility index (Phi) is 6.66. The van der Waals surface area contributed by atoms with Crippen molar-refractivity contribution in [3.63, 3.8) is 0 Å². The number of benzene rings is 3. The van der Waals surface area contributed by atoms with E-state index in [0.717, 1.165) is 57.9 Å². The van der Waals surface area contributed by atoms with Crippen LogP contribution in [0.25, 0.3) is 55.7 Å². The van der Waals surface area contributed by atoms with Gasteiger partial charge in [0.1, 0.15) is 29.1 Å². The summed E-state index contributed by atoms with van der Waals surface area (Å²) in [4.78, 5) is 6.90. The molecule has 0 bridgehead atoms. The Morgan fingerprint density at radius 2 is 0.979 bits per heavy atom. The normalized spacial score (nSPS) is 13.8. The van der Waals surface area contributed by atoms with E-state index in [2.05, 4.69) is 9.97 Å². The summed E-state index contributed by atoms with van der Waals surface area (Å²) in [5.74, 6) is 0. The lowest BCUT2D eigenvalue weighted by molar-refractivity contribution is -0.141. The standard InChI is InChI=1S/C37H18F6N4/c1-2-24-27-11-19(21-7-9-46-33(13-21)36(38,39)40)3-5-25(27)29-16-32-30(15-28(24)29)26-6-4-20(12-31(26)35(32)23(17-44)18-45)22-8-10-47-34(14-22)37(41,42)43/h2-16H,1H3/b24-2-. The highest BCUT2D eigenvalue weighted by Gasteiger charge is 2.35. The first kappa shape index (κ1) is 29.7. The Bertz CT molecular complexity index is 2300. The van der Waals surface area contributed by atoms with Crippen molar-refractivity contribution in [2.24, 2.45) is 0 Å². The highest BCUT2D eigenvalue weighted by Crippen LogP contribution is 2.53. The zero-order valence-electron chi connectivity index (χ0n) is 24.2. The van der Waals surface area contributed by atoms with Crippen molar-refractivity contribution in [2.45, 2.75) is 19.3 Å². The molecule has 4 nitrogen and oxygen atoms in total. The van der Waals surface area contributed by atoms with Gasteiger partial charge in [0.15, 0.2) is 0 Å². The number of allylic oxidation sites excluding steroid dienone is 2. The first-order chi connectivity index (χ1) is 22.4. The first-order valence-electron chi connectivity index (χ1n) is 14.2. The number of alkyl halides is 6. The van der Waals surface area contributed by atoms with Crippen molar-refractivity contribution in [1.82, 2.24) is 9.97 Å². The molecule has 228 valence electrons. The maximum atomic E-state index is 13.4. The van der Waals surface area contributed by atoms with Gasteiger partial charge in [0.2, 0.25) is 0 Å². The Morgan fingerprint density at radius 3 is 1.49 bits per heavy atom. The molecule has 0 saturated carbocycles. The van der Waals surface area contributed by atoms with Crippen LogP contribution in [0.15, 0.2) is 96.8 Å². The second kappa shape index (κ2) is 10.5. The first-order valence-corrected chi connectivity index (χ1v) is 14.2. The number of rotatable bonds is 2. The predicted molar refractivity (Wildman–Crippen MR) is 164 cm³/mol. The van der Waals surface area contributed by atoms with E-state index in [-0.39, 0.29) is 11.1 Å². The summed E-state index contributed by atoms with van der Waals surface area (Å²) >= 11 is 0. The number of nitrogens with zero attached hydrogens (tertiary/aromatic N) is 4. The molecule has 10 heteroatoms. The van der Waals surface area contributed by atoms with Gasteiger partial charge in [-0.3, -0.25) is 9.97 Å². The summed E-state index contributed by atoms with van der Waals surface area (Å²) in [6.45, 7) is 1.86. The zero-order chi connectivity index (χ0) is 33.2. The molecule has 0 spiro atoms. The fraction of sp³-hybridized carbons (Fsp3) is 0.0811. The van der Waals surface area contributed by atoms with Gasteiger partial charge in [-0.1, -0.05) is 30.3 Å². The minimum atomic E-state index is -4.63. The van der Waals surface area contributed by atoms with Crippen LogP contribution in [0.3, 0.4) is 0 Å². The average molecular weight is 633 g/mol. The van der Waals surface area contributed by atoms with Crippen LogP contribution in [-0.4, -0.2) is 9.97 Å². The molecule has 47 heavy (non-hydrogen) atoms. The van der Waals surface area contributed by atoms with E-state index in [1.54, 1.807) is 24.3 Å². The van der Waals surface area contributed by atoms with Gasteiger partial charge in [0.05, 0.1) is 0 Å². The van der Waals surface area contributed by atoms with Gasteiger partial charge in [-0.15, -0.1) is 0 Å². The molecule has 2 aliphatic carbocycles. The molecule has 2 aromatic heterocycles. The molecule has 0 amide bonds. The smallest absolute Gasteiger partial charge is 0.252 e. The fourth-order valence-electron chi connectivity index (χ4n) is 6.36. The number of halogens is 6. The fourth-order valence-corrected chi connectivity index (χ4v) is 6.36. The quantitative estimate of drug-likeness (QED) is 0.140. The molecule has 0 atom stereocenters. The lowest BCUT2D eigenvalue weighted by Gasteiger charge is -2.10. The SMILES string of the molecule is C/C=C1/c2cc(-c3ccnc(C(F)(F)F)c3)ccc2-c2cc3c(cc21)-c1ccc(-c2ccnc(C(F)(F)F)c2)cc1C3=C(C#N)C#N. The van der Waals surface area contributed by atoms with Crippen LogP contribution < -0.4 is 0 Å². The van der Waals surface area contributed by atoms with E-state index in [0.29, 0.717) is 39.0 Å². The van der Waals surface area contributed by atoms with Gasteiger partial charge in [-0.25, -0.2) is 0 Å². The maximum Gasteiger partial charge on any atom is 0.433 e. The van der Waals surface area contributed by atoms with Gasteiger partial charge in [0, 0.05) is 18.0 Å². The van der Waals surface area contributed by atoms with E-state index in [9.17, 15) is 36.9 Å². The highest BCUT2D eigenvalue weighted by atomic mass is 19.4. The maximum absolute atomic E-state index is 13.4. The van der Waals surface area contributed by atoms with Crippen LogP contribution in [0.2, 0.25) is 0 Å². The van der Waals surface area contributed by atoms with Crippen LogP contribution in [0, 0.1) is 22.7 Å². The van der Waals surface area contributed by atoms with Crippen molar-refractivity contribution in [1.29, 1.82) is 10.5 Å².